The van der Waals surface area contributed by atoms with Gasteiger partial charge in [0.25, 0.3) is 0 Å². The van der Waals surface area contributed by atoms with Crippen LogP contribution < -0.4 is 20.7 Å². The molecule has 3 rings (SSSR count). The third-order valence-electron chi connectivity index (χ3n) is 4.78. The number of amides is 2. The predicted octanol–water partition coefficient (Wildman–Crippen LogP) is 5.10. The van der Waals surface area contributed by atoms with Crippen LogP contribution in [0.5, 0.6) is 5.75 Å². The van der Waals surface area contributed by atoms with E-state index in [0.717, 1.165) is 24.3 Å². The van der Waals surface area contributed by atoms with Crippen LogP contribution in [0.25, 0.3) is 0 Å². The topological polar surface area (TPSA) is 79.5 Å². The summed E-state index contributed by atoms with van der Waals surface area (Å²) in [5, 5.41) is 8.72. The molecule has 0 aliphatic rings. The summed E-state index contributed by atoms with van der Waals surface area (Å²) in [6.07, 6.45) is 2.34. The van der Waals surface area contributed by atoms with Gasteiger partial charge in [0.05, 0.1) is 13.2 Å². The van der Waals surface area contributed by atoms with Crippen LogP contribution >= 0.6 is 0 Å². The number of hydrogen-bond acceptors (Lipinski definition) is 4. The molecule has 0 saturated carbocycles. The van der Waals surface area contributed by atoms with E-state index in [1.807, 2.05) is 60.7 Å². The Kier molecular flexibility index (Phi) is 8.69. The summed E-state index contributed by atoms with van der Waals surface area (Å²) in [6.45, 7) is 2.55. The van der Waals surface area contributed by atoms with E-state index >= 15 is 0 Å². The van der Waals surface area contributed by atoms with Gasteiger partial charge in [0.2, 0.25) is 11.8 Å². The zero-order valence-corrected chi connectivity index (χ0v) is 18.3. The SMILES string of the molecule is CCC(=O)Nc1cccc(NCC(=O)Nc2ccc(OCCCc3ccccc3)cc2)c1. The van der Waals surface area contributed by atoms with Crippen LogP contribution in [0.3, 0.4) is 0 Å². The number of rotatable bonds is 11. The Labute approximate surface area is 189 Å². The van der Waals surface area contributed by atoms with E-state index in [1.165, 1.54) is 5.56 Å². The van der Waals surface area contributed by atoms with Crippen LogP contribution in [0.15, 0.2) is 78.9 Å². The minimum Gasteiger partial charge on any atom is -0.494 e. The molecule has 3 N–H and O–H groups in total. The van der Waals surface area contributed by atoms with E-state index in [0.29, 0.717) is 24.4 Å². The Morgan fingerprint density at radius 1 is 0.781 bits per heavy atom. The molecule has 0 heterocycles. The smallest absolute Gasteiger partial charge is 0.243 e. The molecular weight excluding hydrogens is 402 g/mol. The first-order valence-electron chi connectivity index (χ1n) is 10.8. The Morgan fingerprint density at radius 3 is 2.25 bits per heavy atom. The zero-order valence-electron chi connectivity index (χ0n) is 18.3. The summed E-state index contributed by atoms with van der Waals surface area (Å²) in [4.78, 5) is 23.8. The van der Waals surface area contributed by atoms with Gasteiger partial charge >= 0.3 is 0 Å². The second kappa shape index (κ2) is 12.2. The highest BCUT2D eigenvalue weighted by Gasteiger charge is 2.05. The number of aryl methyl sites for hydroxylation is 1. The van der Waals surface area contributed by atoms with Gasteiger partial charge in [-0.25, -0.2) is 0 Å². The molecule has 0 aliphatic carbocycles. The molecular formula is C26H29N3O3. The van der Waals surface area contributed by atoms with E-state index in [2.05, 4.69) is 28.1 Å². The number of ether oxygens (including phenoxy) is 1. The van der Waals surface area contributed by atoms with E-state index in [9.17, 15) is 9.59 Å². The summed E-state index contributed by atoms with van der Waals surface area (Å²) in [7, 11) is 0. The molecule has 0 radical (unpaired) electrons. The van der Waals surface area contributed by atoms with E-state index < -0.39 is 0 Å². The van der Waals surface area contributed by atoms with Crippen molar-refractivity contribution in [3.63, 3.8) is 0 Å². The first-order valence-corrected chi connectivity index (χ1v) is 10.8. The molecule has 6 heteroatoms. The lowest BCUT2D eigenvalue weighted by Gasteiger charge is -2.11. The van der Waals surface area contributed by atoms with Crippen LogP contribution in [-0.4, -0.2) is 25.0 Å². The standard InChI is InChI=1S/C26H29N3O3/c1-2-25(30)29-23-12-6-11-22(18-23)27-19-26(31)28-21-13-15-24(16-14-21)32-17-7-10-20-8-4-3-5-9-20/h3-6,8-9,11-16,18,27H,2,7,10,17,19H2,1H3,(H,28,31)(H,29,30). The molecule has 0 bridgehead atoms. The molecule has 166 valence electrons. The molecule has 0 aliphatic heterocycles. The van der Waals surface area contributed by atoms with Crippen LogP contribution in [0.4, 0.5) is 17.1 Å². The van der Waals surface area contributed by atoms with Crippen molar-refractivity contribution in [1.82, 2.24) is 0 Å². The van der Waals surface area contributed by atoms with Crippen LogP contribution in [-0.2, 0) is 16.0 Å². The van der Waals surface area contributed by atoms with Crippen molar-refractivity contribution < 1.29 is 14.3 Å². The van der Waals surface area contributed by atoms with Gasteiger partial charge in [0, 0.05) is 23.5 Å². The average molecular weight is 432 g/mol. The number of nitrogens with one attached hydrogen (secondary N) is 3. The first kappa shape index (κ1) is 22.9. The van der Waals surface area contributed by atoms with Gasteiger partial charge in [-0.2, -0.15) is 0 Å². The Morgan fingerprint density at radius 2 is 1.50 bits per heavy atom. The number of carbonyl (C=O) groups excluding carboxylic acids is 2. The lowest BCUT2D eigenvalue weighted by Crippen LogP contribution is -2.21. The molecule has 32 heavy (non-hydrogen) atoms. The summed E-state index contributed by atoms with van der Waals surface area (Å²) >= 11 is 0. The van der Waals surface area contributed by atoms with Crippen molar-refractivity contribution in [1.29, 1.82) is 0 Å². The Balaban J connectivity index is 1.39. The number of carbonyl (C=O) groups is 2. The van der Waals surface area contributed by atoms with Crippen molar-refractivity contribution >= 4 is 28.9 Å². The van der Waals surface area contributed by atoms with Gasteiger partial charge in [-0.3, -0.25) is 9.59 Å². The van der Waals surface area contributed by atoms with Crippen molar-refractivity contribution in [3.05, 3.63) is 84.4 Å². The molecule has 0 spiro atoms. The van der Waals surface area contributed by atoms with Crippen molar-refractivity contribution in [2.45, 2.75) is 26.2 Å². The van der Waals surface area contributed by atoms with Crippen LogP contribution in [0.1, 0.15) is 25.3 Å². The highest BCUT2D eigenvalue weighted by atomic mass is 16.5. The maximum Gasteiger partial charge on any atom is 0.243 e. The lowest BCUT2D eigenvalue weighted by atomic mass is 10.1. The van der Waals surface area contributed by atoms with Crippen LogP contribution in [0.2, 0.25) is 0 Å². The number of benzene rings is 3. The second-order valence-electron chi connectivity index (χ2n) is 7.35. The Bertz CT molecular complexity index is 1000. The fourth-order valence-electron chi connectivity index (χ4n) is 3.09. The molecule has 0 aromatic heterocycles. The van der Waals surface area contributed by atoms with Gasteiger partial charge in [-0.05, 0) is 60.9 Å². The van der Waals surface area contributed by atoms with Crippen LogP contribution in [0, 0.1) is 0 Å². The summed E-state index contributed by atoms with van der Waals surface area (Å²) in [5.74, 6) is 0.563. The molecule has 3 aromatic rings. The minimum atomic E-state index is -0.162. The average Bonchev–Trinajstić information content (AvgIpc) is 2.82. The monoisotopic (exact) mass is 431 g/mol. The van der Waals surface area contributed by atoms with Crippen molar-refractivity contribution in [2.75, 3.05) is 29.1 Å². The fraction of sp³-hybridized carbons (Fsp3) is 0.231. The lowest BCUT2D eigenvalue weighted by molar-refractivity contribution is -0.116. The van der Waals surface area contributed by atoms with Gasteiger partial charge < -0.3 is 20.7 Å². The largest absolute Gasteiger partial charge is 0.494 e. The van der Waals surface area contributed by atoms with Gasteiger partial charge in [0.1, 0.15) is 5.75 Å². The molecule has 3 aromatic carbocycles. The number of hydrogen-bond donors (Lipinski definition) is 3. The van der Waals surface area contributed by atoms with E-state index in [-0.39, 0.29) is 18.4 Å². The van der Waals surface area contributed by atoms with Gasteiger partial charge in [0.15, 0.2) is 0 Å². The number of anilines is 3. The van der Waals surface area contributed by atoms with E-state index in [4.69, 9.17) is 4.74 Å². The van der Waals surface area contributed by atoms with E-state index in [1.54, 1.807) is 13.0 Å². The maximum absolute atomic E-state index is 12.3. The quantitative estimate of drug-likeness (QED) is 0.369. The summed E-state index contributed by atoms with van der Waals surface area (Å²) < 4.78 is 5.78. The first-order chi connectivity index (χ1) is 15.6. The highest BCUT2D eigenvalue weighted by molar-refractivity contribution is 5.94. The highest BCUT2D eigenvalue weighted by Crippen LogP contribution is 2.17. The normalized spacial score (nSPS) is 10.3. The van der Waals surface area contributed by atoms with Crippen molar-refractivity contribution in [3.8, 4) is 5.75 Å². The predicted molar refractivity (Wildman–Crippen MR) is 129 cm³/mol. The molecule has 0 fully saturated rings. The van der Waals surface area contributed by atoms with Gasteiger partial charge in [-0.1, -0.05) is 43.3 Å². The summed E-state index contributed by atoms with van der Waals surface area (Å²) in [5.41, 5.74) is 3.47. The minimum absolute atomic E-state index is 0.0523. The molecule has 0 atom stereocenters. The third-order valence-corrected chi connectivity index (χ3v) is 4.78. The summed E-state index contributed by atoms with van der Waals surface area (Å²) in [6, 6.07) is 25.0. The maximum atomic E-state index is 12.3. The fourth-order valence-corrected chi connectivity index (χ4v) is 3.09. The molecule has 0 saturated heterocycles. The molecule has 0 unspecified atom stereocenters. The van der Waals surface area contributed by atoms with Crippen molar-refractivity contribution in [2.24, 2.45) is 0 Å². The molecule has 6 nitrogen and oxygen atoms in total. The van der Waals surface area contributed by atoms with Gasteiger partial charge in [-0.15, -0.1) is 0 Å². The zero-order chi connectivity index (χ0) is 22.6. The third kappa shape index (κ3) is 7.80. The molecule has 2 amide bonds. The Hall–Kier alpha value is -3.80. The second-order valence-corrected chi connectivity index (χ2v) is 7.35.